The molecule has 0 spiro atoms. The zero-order valence-corrected chi connectivity index (χ0v) is 6.84. The fourth-order valence-electron chi connectivity index (χ4n) is 1.27. The third-order valence-electron chi connectivity index (χ3n) is 1.95. The van der Waals surface area contributed by atoms with E-state index in [2.05, 4.69) is 4.90 Å². The maximum atomic E-state index is 7.08. The first-order valence-corrected chi connectivity index (χ1v) is 3.81. The van der Waals surface area contributed by atoms with E-state index >= 15 is 0 Å². The number of nitrogens with one attached hydrogen (secondary N) is 1. The van der Waals surface area contributed by atoms with E-state index in [0.29, 0.717) is 12.6 Å². The van der Waals surface area contributed by atoms with Crippen LogP contribution in [0.3, 0.4) is 0 Å². The van der Waals surface area contributed by atoms with Gasteiger partial charge in [-0.05, 0) is 13.5 Å². The molecule has 1 aliphatic rings. The van der Waals surface area contributed by atoms with E-state index in [1.807, 2.05) is 7.05 Å². The van der Waals surface area contributed by atoms with Crippen molar-refractivity contribution in [2.24, 2.45) is 5.73 Å². The zero-order valence-electron chi connectivity index (χ0n) is 6.84. The molecular formula is C7H15N3O. The highest BCUT2D eigenvalue weighted by molar-refractivity contribution is 5.78. The van der Waals surface area contributed by atoms with Crippen LogP contribution < -0.4 is 5.73 Å². The molecule has 1 aliphatic heterocycles. The quantitative estimate of drug-likeness (QED) is 0.434. The molecule has 3 N–H and O–H groups in total. The standard InChI is InChI=1S/C7H15N3O/c1-10(4-7(8)9)6-2-3-11-5-6/h6H,2-5H2,1H3,(H3,8,9). The number of nitrogens with two attached hydrogens (primary N) is 1. The molecule has 0 bridgehead atoms. The Labute approximate surface area is 66.8 Å². The summed E-state index contributed by atoms with van der Waals surface area (Å²) >= 11 is 0. The van der Waals surface area contributed by atoms with Gasteiger partial charge in [0.1, 0.15) is 5.84 Å². The summed E-state index contributed by atoms with van der Waals surface area (Å²) in [6.45, 7) is 2.17. The first-order valence-electron chi connectivity index (χ1n) is 3.81. The molecule has 1 atom stereocenters. The molecule has 0 aromatic rings. The van der Waals surface area contributed by atoms with Crippen molar-refractivity contribution >= 4 is 5.84 Å². The lowest BCUT2D eigenvalue weighted by molar-refractivity contribution is 0.166. The number of amidine groups is 1. The van der Waals surface area contributed by atoms with Crippen LogP contribution >= 0.6 is 0 Å². The van der Waals surface area contributed by atoms with Gasteiger partial charge in [-0.15, -0.1) is 0 Å². The van der Waals surface area contributed by atoms with Gasteiger partial charge in [-0.1, -0.05) is 0 Å². The van der Waals surface area contributed by atoms with Crippen molar-refractivity contribution in [3.05, 3.63) is 0 Å². The maximum Gasteiger partial charge on any atom is 0.105 e. The summed E-state index contributed by atoms with van der Waals surface area (Å²) in [5.41, 5.74) is 5.26. The van der Waals surface area contributed by atoms with Crippen LogP contribution in [0.15, 0.2) is 0 Å². The van der Waals surface area contributed by atoms with Crippen LogP contribution in [0.1, 0.15) is 6.42 Å². The molecule has 64 valence electrons. The number of likely N-dealkylation sites (N-methyl/N-ethyl adjacent to an activating group) is 1. The van der Waals surface area contributed by atoms with Gasteiger partial charge in [-0.2, -0.15) is 0 Å². The summed E-state index contributed by atoms with van der Waals surface area (Å²) < 4.78 is 5.21. The maximum absolute atomic E-state index is 7.08. The lowest BCUT2D eigenvalue weighted by Gasteiger charge is -2.21. The average Bonchev–Trinajstić information content (AvgIpc) is 2.35. The summed E-state index contributed by atoms with van der Waals surface area (Å²) in [5, 5.41) is 7.08. The predicted molar refractivity (Wildman–Crippen MR) is 43.8 cm³/mol. The summed E-state index contributed by atoms with van der Waals surface area (Å²) in [6.07, 6.45) is 1.06. The molecule has 1 fully saturated rings. The van der Waals surface area contributed by atoms with Crippen molar-refractivity contribution < 1.29 is 4.74 Å². The number of rotatable bonds is 3. The van der Waals surface area contributed by atoms with Crippen molar-refractivity contribution in [2.75, 3.05) is 26.8 Å². The van der Waals surface area contributed by atoms with Crippen LogP contribution in [-0.2, 0) is 4.74 Å². The molecule has 1 rings (SSSR count). The summed E-state index contributed by atoms with van der Waals surface area (Å²) in [4.78, 5) is 2.06. The Morgan fingerprint density at radius 3 is 3.00 bits per heavy atom. The second-order valence-corrected chi connectivity index (χ2v) is 2.96. The Morgan fingerprint density at radius 1 is 1.82 bits per heavy atom. The van der Waals surface area contributed by atoms with E-state index < -0.39 is 0 Å². The van der Waals surface area contributed by atoms with E-state index in [1.54, 1.807) is 0 Å². The van der Waals surface area contributed by atoms with E-state index in [4.69, 9.17) is 15.9 Å². The van der Waals surface area contributed by atoms with Crippen LogP contribution in [0.2, 0.25) is 0 Å². The molecule has 11 heavy (non-hydrogen) atoms. The fourth-order valence-corrected chi connectivity index (χ4v) is 1.27. The second kappa shape index (κ2) is 3.69. The summed E-state index contributed by atoms with van der Waals surface area (Å²) in [6, 6.07) is 0.457. The van der Waals surface area contributed by atoms with Crippen molar-refractivity contribution in [1.82, 2.24) is 4.90 Å². The smallest absolute Gasteiger partial charge is 0.105 e. The van der Waals surface area contributed by atoms with Gasteiger partial charge in [0.15, 0.2) is 0 Å². The molecule has 0 aromatic heterocycles. The first kappa shape index (κ1) is 8.49. The minimum Gasteiger partial charge on any atom is -0.387 e. The topological polar surface area (TPSA) is 62.3 Å². The van der Waals surface area contributed by atoms with Crippen LogP contribution in [0, 0.1) is 5.41 Å². The Kier molecular flexibility index (Phi) is 2.84. The molecule has 0 radical (unpaired) electrons. The molecule has 4 nitrogen and oxygen atoms in total. The highest BCUT2D eigenvalue weighted by Gasteiger charge is 2.19. The average molecular weight is 157 g/mol. The highest BCUT2D eigenvalue weighted by atomic mass is 16.5. The first-order chi connectivity index (χ1) is 5.20. The molecule has 0 aliphatic carbocycles. The Bertz CT molecular complexity index is 143. The van der Waals surface area contributed by atoms with Gasteiger partial charge < -0.3 is 10.5 Å². The van der Waals surface area contributed by atoms with Gasteiger partial charge >= 0.3 is 0 Å². The minimum atomic E-state index is 0.222. The number of nitrogens with zero attached hydrogens (tertiary/aromatic N) is 1. The van der Waals surface area contributed by atoms with Crippen molar-refractivity contribution in [2.45, 2.75) is 12.5 Å². The van der Waals surface area contributed by atoms with Crippen molar-refractivity contribution in [1.29, 1.82) is 5.41 Å². The highest BCUT2D eigenvalue weighted by Crippen LogP contribution is 2.09. The van der Waals surface area contributed by atoms with Gasteiger partial charge in [0.05, 0.1) is 13.2 Å². The molecule has 1 unspecified atom stereocenters. The van der Waals surface area contributed by atoms with Crippen LogP contribution in [0.4, 0.5) is 0 Å². The van der Waals surface area contributed by atoms with Gasteiger partial charge in [-0.3, -0.25) is 10.3 Å². The normalized spacial score (nSPS) is 24.4. The zero-order chi connectivity index (χ0) is 8.27. The van der Waals surface area contributed by atoms with E-state index in [9.17, 15) is 0 Å². The fraction of sp³-hybridized carbons (Fsp3) is 0.857. The molecule has 0 saturated carbocycles. The van der Waals surface area contributed by atoms with E-state index in [1.165, 1.54) is 0 Å². The minimum absolute atomic E-state index is 0.222. The van der Waals surface area contributed by atoms with Gasteiger partial charge in [-0.25, -0.2) is 0 Å². The number of hydrogen-bond acceptors (Lipinski definition) is 3. The Morgan fingerprint density at radius 2 is 2.55 bits per heavy atom. The monoisotopic (exact) mass is 157 g/mol. The molecule has 0 amide bonds. The van der Waals surface area contributed by atoms with Crippen molar-refractivity contribution in [3.8, 4) is 0 Å². The lowest BCUT2D eigenvalue weighted by atomic mass is 10.2. The Balaban J connectivity index is 2.28. The molecular weight excluding hydrogens is 142 g/mol. The van der Waals surface area contributed by atoms with Crippen LogP contribution in [0.5, 0.6) is 0 Å². The van der Waals surface area contributed by atoms with Gasteiger partial charge in [0, 0.05) is 12.6 Å². The molecule has 1 heterocycles. The molecule has 1 saturated heterocycles. The third kappa shape index (κ3) is 2.48. The molecule has 0 aromatic carbocycles. The van der Waals surface area contributed by atoms with Crippen molar-refractivity contribution in [3.63, 3.8) is 0 Å². The number of hydrogen-bond donors (Lipinski definition) is 2. The predicted octanol–water partition coefficient (Wildman–Crippen LogP) is -0.357. The van der Waals surface area contributed by atoms with Crippen LogP contribution in [0.25, 0.3) is 0 Å². The van der Waals surface area contributed by atoms with E-state index in [-0.39, 0.29) is 5.84 Å². The van der Waals surface area contributed by atoms with E-state index in [0.717, 1.165) is 19.6 Å². The summed E-state index contributed by atoms with van der Waals surface area (Å²) in [7, 11) is 1.97. The largest absolute Gasteiger partial charge is 0.387 e. The second-order valence-electron chi connectivity index (χ2n) is 2.96. The lowest BCUT2D eigenvalue weighted by Crippen LogP contribution is -2.38. The Hall–Kier alpha value is -0.610. The third-order valence-corrected chi connectivity index (χ3v) is 1.95. The van der Waals surface area contributed by atoms with Crippen LogP contribution in [-0.4, -0.2) is 43.6 Å². The SMILES string of the molecule is CN(CC(=N)N)C1CCOC1. The molecule has 4 heteroatoms. The van der Waals surface area contributed by atoms with Gasteiger partial charge in [0.25, 0.3) is 0 Å². The van der Waals surface area contributed by atoms with Gasteiger partial charge in [0.2, 0.25) is 0 Å². The number of ether oxygens (including phenoxy) is 1. The summed E-state index contributed by atoms with van der Waals surface area (Å²) in [5.74, 6) is 0.222.